The number of nitrogens with one attached hydrogen (secondary N) is 1. The van der Waals surface area contributed by atoms with Crippen LogP contribution in [0.25, 0.3) is 21.1 Å². The van der Waals surface area contributed by atoms with Crippen molar-refractivity contribution in [1.29, 1.82) is 0 Å². The molecule has 0 atom stereocenters. The normalized spacial score (nSPS) is 11.2. The molecule has 2 aromatic carbocycles. The molecule has 4 aromatic rings. The lowest BCUT2D eigenvalue weighted by Gasteiger charge is -2.04. The zero-order chi connectivity index (χ0) is 18.3. The largest absolute Gasteiger partial charge is 0.492 e. The van der Waals surface area contributed by atoms with E-state index in [-0.39, 0.29) is 5.91 Å². The van der Waals surface area contributed by atoms with Gasteiger partial charge in [0.05, 0.1) is 11.3 Å². The van der Waals surface area contributed by atoms with Crippen molar-refractivity contribution in [3.8, 4) is 5.75 Å². The topological polar surface area (TPSA) is 56.1 Å². The number of amides is 1. The molecule has 1 amide bonds. The molecule has 0 bridgehead atoms. The van der Waals surface area contributed by atoms with Gasteiger partial charge in [-0.2, -0.15) is 0 Å². The number of anilines is 1. The first kappa shape index (κ1) is 16.6. The maximum absolute atomic E-state index is 12.8. The van der Waals surface area contributed by atoms with Crippen LogP contribution in [0.5, 0.6) is 5.75 Å². The number of hydrogen-bond donors (Lipinski definition) is 1. The highest BCUT2D eigenvalue weighted by atomic mass is 32.1. The van der Waals surface area contributed by atoms with Gasteiger partial charge in [0, 0.05) is 18.0 Å². The number of nitrogens with zero attached hydrogens (tertiary/aromatic N) is 2. The van der Waals surface area contributed by atoms with Crippen molar-refractivity contribution in [1.82, 2.24) is 9.55 Å². The summed E-state index contributed by atoms with van der Waals surface area (Å²) in [5.74, 6) is 0.570. The van der Waals surface area contributed by atoms with Crippen LogP contribution in [-0.2, 0) is 7.05 Å². The molecule has 2 heterocycles. The Kier molecular flexibility index (Phi) is 4.12. The Morgan fingerprint density at radius 3 is 2.92 bits per heavy atom. The Labute approximate surface area is 155 Å². The van der Waals surface area contributed by atoms with Crippen LogP contribution in [0.15, 0.2) is 42.5 Å². The van der Waals surface area contributed by atoms with Crippen LogP contribution in [0.3, 0.4) is 0 Å². The first-order chi connectivity index (χ1) is 12.6. The zero-order valence-electron chi connectivity index (χ0n) is 14.9. The molecule has 4 rings (SSSR count). The molecule has 0 aliphatic carbocycles. The van der Waals surface area contributed by atoms with Gasteiger partial charge in [-0.3, -0.25) is 10.1 Å². The molecule has 6 heteroatoms. The van der Waals surface area contributed by atoms with Gasteiger partial charge in [0.25, 0.3) is 5.91 Å². The Morgan fingerprint density at radius 1 is 1.27 bits per heavy atom. The highest BCUT2D eigenvalue weighted by Crippen LogP contribution is 2.32. The fraction of sp³-hybridized carbons (Fsp3) is 0.200. The van der Waals surface area contributed by atoms with E-state index in [1.165, 1.54) is 16.9 Å². The molecule has 26 heavy (non-hydrogen) atoms. The van der Waals surface area contributed by atoms with Crippen LogP contribution in [0, 0.1) is 6.92 Å². The molecular weight excluding hydrogens is 346 g/mol. The molecule has 0 saturated heterocycles. The van der Waals surface area contributed by atoms with Crippen molar-refractivity contribution in [3.05, 3.63) is 53.7 Å². The Morgan fingerprint density at radius 2 is 2.12 bits per heavy atom. The molecule has 0 saturated carbocycles. The van der Waals surface area contributed by atoms with E-state index in [1.807, 2.05) is 61.9 Å². The smallest absolute Gasteiger partial charge is 0.274 e. The van der Waals surface area contributed by atoms with Crippen molar-refractivity contribution >= 4 is 43.5 Å². The average molecular weight is 365 g/mol. The Hall–Kier alpha value is -2.86. The molecular formula is C20H19N3O2S. The van der Waals surface area contributed by atoms with Crippen LogP contribution in [-0.4, -0.2) is 22.1 Å². The summed E-state index contributed by atoms with van der Waals surface area (Å²) in [6.07, 6.45) is 0. The van der Waals surface area contributed by atoms with Gasteiger partial charge < -0.3 is 9.30 Å². The van der Waals surface area contributed by atoms with Gasteiger partial charge in [-0.05, 0) is 44.2 Å². The second-order valence-electron chi connectivity index (χ2n) is 6.16. The SMILES string of the molecule is CCOc1cccc2sc(NC(=O)c3cc4cc(C)ccc4n3C)nc12. The molecule has 0 fully saturated rings. The number of aromatic nitrogens is 2. The molecule has 5 nitrogen and oxygen atoms in total. The number of rotatable bonds is 4. The quantitative estimate of drug-likeness (QED) is 0.568. The van der Waals surface area contributed by atoms with E-state index in [4.69, 9.17) is 4.74 Å². The third kappa shape index (κ3) is 2.82. The Bertz CT molecular complexity index is 1130. The van der Waals surface area contributed by atoms with Crippen molar-refractivity contribution in [3.63, 3.8) is 0 Å². The third-order valence-corrected chi connectivity index (χ3v) is 5.27. The molecule has 1 N–H and O–H groups in total. The zero-order valence-corrected chi connectivity index (χ0v) is 15.7. The average Bonchev–Trinajstić information content (AvgIpc) is 3.16. The summed E-state index contributed by atoms with van der Waals surface area (Å²) in [6.45, 7) is 4.56. The lowest BCUT2D eigenvalue weighted by atomic mass is 10.2. The van der Waals surface area contributed by atoms with E-state index in [1.54, 1.807) is 0 Å². The van der Waals surface area contributed by atoms with Crippen molar-refractivity contribution < 1.29 is 9.53 Å². The summed E-state index contributed by atoms with van der Waals surface area (Å²) in [5, 5.41) is 4.55. The first-order valence-electron chi connectivity index (χ1n) is 8.46. The van der Waals surface area contributed by atoms with Crippen LogP contribution in [0.1, 0.15) is 23.0 Å². The van der Waals surface area contributed by atoms with E-state index in [0.29, 0.717) is 17.4 Å². The minimum atomic E-state index is -0.168. The molecule has 2 aromatic heterocycles. The van der Waals surface area contributed by atoms with Crippen LogP contribution in [0.2, 0.25) is 0 Å². The summed E-state index contributed by atoms with van der Waals surface area (Å²) in [6, 6.07) is 13.9. The number of para-hydroxylation sites is 1. The van der Waals surface area contributed by atoms with Gasteiger partial charge >= 0.3 is 0 Å². The summed E-state index contributed by atoms with van der Waals surface area (Å²) in [5.41, 5.74) is 3.59. The lowest BCUT2D eigenvalue weighted by molar-refractivity contribution is 0.101. The monoisotopic (exact) mass is 365 g/mol. The minimum absolute atomic E-state index is 0.168. The Balaban J connectivity index is 1.67. The summed E-state index contributed by atoms with van der Waals surface area (Å²) < 4.78 is 8.51. The van der Waals surface area contributed by atoms with E-state index in [0.717, 1.165) is 26.9 Å². The van der Waals surface area contributed by atoms with E-state index < -0.39 is 0 Å². The standard InChI is InChI=1S/C20H19N3O2S/c1-4-25-16-6-5-7-17-18(16)21-20(26-17)22-19(24)15-11-13-10-12(2)8-9-14(13)23(15)3/h5-11H,4H2,1-3H3,(H,21,22,24). The molecule has 132 valence electrons. The van der Waals surface area contributed by atoms with E-state index >= 15 is 0 Å². The number of carbonyl (C=O) groups is 1. The summed E-state index contributed by atoms with van der Waals surface area (Å²) in [7, 11) is 1.90. The minimum Gasteiger partial charge on any atom is -0.492 e. The second kappa shape index (κ2) is 6.46. The number of fused-ring (bicyclic) bond motifs is 2. The van der Waals surface area contributed by atoms with Crippen molar-refractivity contribution in [2.45, 2.75) is 13.8 Å². The molecule has 0 aliphatic heterocycles. The molecule has 0 aliphatic rings. The first-order valence-corrected chi connectivity index (χ1v) is 9.28. The van der Waals surface area contributed by atoms with Crippen molar-refractivity contribution in [2.24, 2.45) is 7.05 Å². The highest BCUT2D eigenvalue weighted by molar-refractivity contribution is 7.22. The van der Waals surface area contributed by atoms with E-state index in [2.05, 4.69) is 16.4 Å². The van der Waals surface area contributed by atoms with Gasteiger partial charge in [0.1, 0.15) is 17.0 Å². The highest BCUT2D eigenvalue weighted by Gasteiger charge is 2.16. The maximum Gasteiger partial charge on any atom is 0.274 e. The fourth-order valence-electron chi connectivity index (χ4n) is 3.10. The second-order valence-corrected chi connectivity index (χ2v) is 7.19. The van der Waals surface area contributed by atoms with Gasteiger partial charge in [0.2, 0.25) is 0 Å². The number of carbonyl (C=O) groups excluding carboxylic acids is 1. The summed E-state index contributed by atoms with van der Waals surface area (Å²) >= 11 is 1.44. The summed E-state index contributed by atoms with van der Waals surface area (Å²) in [4.78, 5) is 17.3. The van der Waals surface area contributed by atoms with Gasteiger partial charge in [-0.15, -0.1) is 0 Å². The van der Waals surface area contributed by atoms with Gasteiger partial charge in [0.15, 0.2) is 5.13 Å². The van der Waals surface area contributed by atoms with Gasteiger partial charge in [-0.1, -0.05) is 29.0 Å². The fourth-order valence-corrected chi connectivity index (χ4v) is 3.98. The van der Waals surface area contributed by atoms with Gasteiger partial charge in [-0.25, -0.2) is 4.98 Å². The predicted octanol–water partition coefficient (Wildman–Crippen LogP) is 4.75. The third-order valence-electron chi connectivity index (χ3n) is 4.33. The van der Waals surface area contributed by atoms with Crippen LogP contribution < -0.4 is 10.1 Å². The maximum atomic E-state index is 12.8. The van der Waals surface area contributed by atoms with Crippen LogP contribution in [0.4, 0.5) is 5.13 Å². The van der Waals surface area contributed by atoms with Crippen molar-refractivity contribution in [2.75, 3.05) is 11.9 Å². The molecule has 0 unspecified atom stereocenters. The number of ether oxygens (including phenoxy) is 1. The number of benzene rings is 2. The molecule has 0 radical (unpaired) electrons. The van der Waals surface area contributed by atoms with Crippen LogP contribution >= 0.6 is 11.3 Å². The lowest BCUT2D eigenvalue weighted by Crippen LogP contribution is -2.15. The molecule has 0 spiro atoms. The number of hydrogen-bond acceptors (Lipinski definition) is 4. The number of thiazole rings is 1. The number of aryl methyl sites for hydroxylation is 2. The predicted molar refractivity (Wildman–Crippen MR) is 106 cm³/mol. The van der Waals surface area contributed by atoms with E-state index in [9.17, 15) is 4.79 Å².